The number of carbonyl (C=O) groups excluding carboxylic acids is 1. The largest absolute Gasteiger partial charge is 0.321 e. The van der Waals surface area contributed by atoms with Crippen LogP contribution in [0.3, 0.4) is 0 Å². The number of nitrogens with one attached hydrogen (secondary N) is 2. The summed E-state index contributed by atoms with van der Waals surface area (Å²) in [6.07, 6.45) is 0. The molecule has 5 nitrogen and oxygen atoms in total. The highest BCUT2D eigenvalue weighted by Crippen LogP contribution is 2.28. The van der Waals surface area contributed by atoms with Crippen molar-refractivity contribution in [1.82, 2.24) is 0 Å². The topological polar surface area (TPSA) is 75.3 Å². The van der Waals surface area contributed by atoms with Crippen LogP contribution in [0.15, 0.2) is 71.6 Å². The first-order valence-corrected chi connectivity index (χ1v) is 10.5. The Balaban J connectivity index is 1.87. The van der Waals surface area contributed by atoms with Crippen molar-refractivity contribution in [2.24, 2.45) is 0 Å². The van der Waals surface area contributed by atoms with Gasteiger partial charge in [-0.05, 0) is 48.5 Å². The van der Waals surface area contributed by atoms with E-state index in [9.17, 15) is 13.2 Å². The predicted molar refractivity (Wildman–Crippen MR) is 113 cm³/mol. The molecule has 0 aliphatic carbocycles. The van der Waals surface area contributed by atoms with Crippen LogP contribution < -0.4 is 10.0 Å². The van der Waals surface area contributed by atoms with Crippen LogP contribution in [0.1, 0.15) is 10.4 Å². The highest BCUT2D eigenvalue weighted by Gasteiger charge is 2.17. The van der Waals surface area contributed by atoms with E-state index in [-0.39, 0.29) is 21.2 Å². The zero-order valence-electron chi connectivity index (χ0n) is 14.1. The molecule has 0 bridgehead atoms. The first kappa shape index (κ1) is 20.5. The van der Waals surface area contributed by atoms with Crippen molar-refractivity contribution in [3.05, 3.63) is 87.4 Å². The van der Waals surface area contributed by atoms with Crippen LogP contribution in [0.4, 0.5) is 11.4 Å². The highest BCUT2D eigenvalue weighted by atomic mass is 35.5. The molecule has 3 rings (SSSR count). The average Bonchev–Trinajstić information content (AvgIpc) is 2.66. The van der Waals surface area contributed by atoms with E-state index in [0.29, 0.717) is 15.7 Å². The highest BCUT2D eigenvalue weighted by molar-refractivity contribution is 7.92. The van der Waals surface area contributed by atoms with Crippen LogP contribution in [0.2, 0.25) is 15.1 Å². The normalized spacial score (nSPS) is 11.1. The van der Waals surface area contributed by atoms with Gasteiger partial charge in [0.2, 0.25) is 0 Å². The van der Waals surface area contributed by atoms with E-state index < -0.39 is 15.9 Å². The summed E-state index contributed by atoms with van der Waals surface area (Å²) in [5, 5.41) is 3.46. The van der Waals surface area contributed by atoms with Gasteiger partial charge in [0.05, 0.1) is 26.2 Å². The number of benzene rings is 3. The van der Waals surface area contributed by atoms with E-state index in [1.807, 2.05) is 0 Å². The standard InChI is InChI=1S/C19H13Cl3N2O3S/c20-12-6-8-17(22)18(10-12)23-19(25)15-11-13(7-9-16(15)21)24-28(26,27)14-4-2-1-3-5-14/h1-11,24H,(H,23,25). The fourth-order valence-corrected chi connectivity index (χ4v) is 3.97. The van der Waals surface area contributed by atoms with Gasteiger partial charge in [0.25, 0.3) is 15.9 Å². The van der Waals surface area contributed by atoms with Crippen molar-refractivity contribution in [2.75, 3.05) is 10.0 Å². The number of anilines is 2. The molecule has 0 heterocycles. The van der Waals surface area contributed by atoms with E-state index in [1.165, 1.54) is 36.4 Å². The second-order valence-electron chi connectivity index (χ2n) is 5.69. The summed E-state index contributed by atoms with van der Waals surface area (Å²) < 4.78 is 27.4. The van der Waals surface area contributed by atoms with E-state index in [0.717, 1.165) is 0 Å². The van der Waals surface area contributed by atoms with Gasteiger partial charge in [-0.15, -0.1) is 0 Å². The molecule has 0 radical (unpaired) electrons. The summed E-state index contributed by atoms with van der Waals surface area (Å²) in [5.74, 6) is -0.560. The smallest absolute Gasteiger partial charge is 0.261 e. The van der Waals surface area contributed by atoms with Crippen LogP contribution >= 0.6 is 34.8 Å². The minimum Gasteiger partial charge on any atom is -0.321 e. The monoisotopic (exact) mass is 454 g/mol. The number of sulfonamides is 1. The maximum Gasteiger partial charge on any atom is 0.261 e. The Bertz CT molecular complexity index is 1140. The Hall–Kier alpha value is -2.25. The van der Waals surface area contributed by atoms with Gasteiger partial charge in [-0.2, -0.15) is 0 Å². The Morgan fingerprint density at radius 1 is 0.821 bits per heavy atom. The SMILES string of the molecule is O=C(Nc1cc(Cl)ccc1Cl)c1cc(NS(=O)(=O)c2ccccc2)ccc1Cl. The molecular weight excluding hydrogens is 443 g/mol. The predicted octanol–water partition coefficient (Wildman–Crippen LogP) is 5.70. The second kappa shape index (κ2) is 8.41. The number of rotatable bonds is 5. The number of carbonyl (C=O) groups is 1. The zero-order chi connectivity index (χ0) is 20.3. The van der Waals surface area contributed by atoms with Gasteiger partial charge in [-0.1, -0.05) is 53.0 Å². The van der Waals surface area contributed by atoms with Gasteiger partial charge in [-0.25, -0.2) is 8.42 Å². The van der Waals surface area contributed by atoms with Gasteiger partial charge >= 0.3 is 0 Å². The van der Waals surface area contributed by atoms with Crippen LogP contribution in [-0.4, -0.2) is 14.3 Å². The Labute approximate surface area is 177 Å². The lowest BCUT2D eigenvalue weighted by Crippen LogP contribution is -2.15. The van der Waals surface area contributed by atoms with Crippen molar-refractivity contribution in [3.8, 4) is 0 Å². The summed E-state index contributed by atoms with van der Waals surface area (Å²) in [6, 6.07) is 16.7. The average molecular weight is 456 g/mol. The minimum atomic E-state index is -3.80. The number of hydrogen-bond acceptors (Lipinski definition) is 3. The van der Waals surface area contributed by atoms with E-state index in [2.05, 4.69) is 10.0 Å². The molecule has 144 valence electrons. The third-order valence-corrected chi connectivity index (χ3v) is 5.98. The maximum absolute atomic E-state index is 12.6. The van der Waals surface area contributed by atoms with Crippen molar-refractivity contribution >= 4 is 62.1 Å². The van der Waals surface area contributed by atoms with E-state index in [1.54, 1.807) is 30.3 Å². The van der Waals surface area contributed by atoms with Gasteiger partial charge < -0.3 is 5.32 Å². The molecule has 0 aliphatic heterocycles. The van der Waals surface area contributed by atoms with Crippen LogP contribution in [0, 0.1) is 0 Å². The Morgan fingerprint density at radius 3 is 2.21 bits per heavy atom. The molecule has 28 heavy (non-hydrogen) atoms. The molecule has 0 unspecified atom stereocenters. The molecule has 0 saturated heterocycles. The first-order chi connectivity index (χ1) is 13.3. The molecule has 0 aliphatic rings. The molecule has 3 aromatic rings. The molecule has 0 saturated carbocycles. The van der Waals surface area contributed by atoms with Gasteiger partial charge in [0, 0.05) is 10.7 Å². The fourth-order valence-electron chi connectivity index (χ4n) is 2.36. The molecule has 1 amide bonds. The number of halogens is 3. The molecule has 0 fully saturated rings. The lowest BCUT2D eigenvalue weighted by Gasteiger charge is -2.12. The van der Waals surface area contributed by atoms with Gasteiger partial charge in [0.1, 0.15) is 0 Å². The number of amides is 1. The summed E-state index contributed by atoms with van der Waals surface area (Å²) in [5.41, 5.74) is 0.576. The Kier molecular flexibility index (Phi) is 6.15. The van der Waals surface area contributed by atoms with Gasteiger partial charge in [0.15, 0.2) is 0 Å². The van der Waals surface area contributed by atoms with Crippen LogP contribution in [0.5, 0.6) is 0 Å². The summed E-state index contributed by atoms with van der Waals surface area (Å²) in [6.45, 7) is 0. The molecule has 2 N–H and O–H groups in total. The molecule has 0 atom stereocenters. The molecule has 0 spiro atoms. The molecular formula is C19H13Cl3N2O3S. The molecule has 0 aromatic heterocycles. The van der Waals surface area contributed by atoms with Crippen LogP contribution in [-0.2, 0) is 10.0 Å². The van der Waals surface area contributed by atoms with Crippen molar-refractivity contribution in [1.29, 1.82) is 0 Å². The van der Waals surface area contributed by atoms with Crippen molar-refractivity contribution in [3.63, 3.8) is 0 Å². The first-order valence-electron chi connectivity index (χ1n) is 7.90. The third kappa shape index (κ3) is 4.77. The van der Waals surface area contributed by atoms with E-state index >= 15 is 0 Å². The van der Waals surface area contributed by atoms with Gasteiger partial charge in [-0.3, -0.25) is 9.52 Å². The van der Waals surface area contributed by atoms with Crippen molar-refractivity contribution < 1.29 is 13.2 Å². The summed E-state index contributed by atoms with van der Waals surface area (Å²) >= 11 is 18.1. The minimum absolute atomic E-state index is 0.0750. The third-order valence-electron chi connectivity index (χ3n) is 3.69. The fraction of sp³-hybridized carbons (Fsp3) is 0. The van der Waals surface area contributed by atoms with Crippen molar-refractivity contribution in [2.45, 2.75) is 4.90 Å². The zero-order valence-corrected chi connectivity index (χ0v) is 17.2. The summed E-state index contributed by atoms with van der Waals surface area (Å²) in [4.78, 5) is 12.7. The quantitative estimate of drug-likeness (QED) is 0.518. The molecule has 9 heteroatoms. The summed E-state index contributed by atoms with van der Waals surface area (Å²) in [7, 11) is -3.80. The lowest BCUT2D eigenvalue weighted by atomic mass is 10.2. The lowest BCUT2D eigenvalue weighted by molar-refractivity contribution is 0.102. The second-order valence-corrected chi connectivity index (χ2v) is 8.62. The van der Waals surface area contributed by atoms with Crippen LogP contribution in [0.25, 0.3) is 0 Å². The maximum atomic E-state index is 12.6. The number of hydrogen-bond donors (Lipinski definition) is 2. The molecule has 3 aromatic carbocycles. The van der Waals surface area contributed by atoms with E-state index in [4.69, 9.17) is 34.8 Å². The Morgan fingerprint density at radius 2 is 1.50 bits per heavy atom.